The van der Waals surface area contributed by atoms with Gasteiger partial charge < -0.3 is 20.7 Å². The lowest BCUT2D eigenvalue weighted by Gasteiger charge is -2.08. The van der Waals surface area contributed by atoms with Crippen LogP contribution in [0.15, 0.2) is 30.3 Å². The van der Waals surface area contributed by atoms with Crippen LogP contribution >= 0.6 is 0 Å². The molecule has 110 valence electrons. The molecular weight excluding hydrogens is 258 g/mol. The van der Waals surface area contributed by atoms with E-state index < -0.39 is 0 Å². The fourth-order valence-corrected chi connectivity index (χ4v) is 1.51. The summed E-state index contributed by atoms with van der Waals surface area (Å²) in [5.74, 6) is -0.102. The molecule has 0 unspecified atom stereocenters. The van der Waals surface area contributed by atoms with Gasteiger partial charge in [0.15, 0.2) is 0 Å². The number of carbonyl (C=O) groups is 2. The van der Waals surface area contributed by atoms with Crippen LogP contribution in [-0.4, -0.2) is 45.3 Å². The minimum atomic E-state index is -0.226. The van der Waals surface area contributed by atoms with Crippen LogP contribution in [0.25, 0.3) is 0 Å². The first-order chi connectivity index (χ1) is 9.74. The summed E-state index contributed by atoms with van der Waals surface area (Å²) in [5, 5.41) is 8.14. The molecule has 1 rings (SSSR count). The third-order valence-electron chi connectivity index (χ3n) is 2.55. The molecule has 3 amide bonds. The van der Waals surface area contributed by atoms with Gasteiger partial charge in [0.25, 0.3) is 5.91 Å². The first kappa shape index (κ1) is 16.0. The molecule has 3 N–H and O–H groups in total. The van der Waals surface area contributed by atoms with Gasteiger partial charge >= 0.3 is 6.03 Å². The summed E-state index contributed by atoms with van der Waals surface area (Å²) in [6, 6.07) is 8.80. The molecule has 1 aromatic rings. The zero-order valence-electron chi connectivity index (χ0n) is 11.6. The number of hydrogen-bond donors (Lipinski definition) is 3. The second-order valence-electron chi connectivity index (χ2n) is 4.15. The van der Waals surface area contributed by atoms with E-state index in [1.807, 2.05) is 18.2 Å². The molecule has 6 heteroatoms. The number of carbonyl (C=O) groups excluding carboxylic acids is 2. The van der Waals surface area contributed by atoms with Crippen molar-refractivity contribution in [3.8, 4) is 0 Å². The van der Waals surface area contributed by atoms with Crippen LogP contribution < -0.4 is 16.0 Å². The van der Waals surface area contributed by atoms with Crippen LogP contribution in [0.1, 0.15) is 16.8 Å². The normalized spacial score (nSPS) is 9.85. The van der Waals surface area contributed by atoms with Crippen molar-refractivity contribution in [2.75, 3.05) is 33.4 Å². The van der Waals surface area contributed by atoms with E-state index in [4.69, 9.17) is 4.74 Å². The van der Waals surface area contributed by atoms with Gasteiger partial charge in [0.05, 0.1) is 6.61 Å². The first-order valence-electron chi connectivity index (χ1n) is 6.58. The molecule has 0 fully saturated rings. The number of amides is 3. The summed E-state index contributed by atoms with van der Waals surface area (Å²) in [6.07, 6.45) is 0.677. The maximum Gasteiger partial charge on any atom is 0.314 e. The van der Waals surface area contributed by atoms with Crippen molar-refractivity contribution < 1.29 is 14.3 Å². The minimum Gasteiger partial charge on any atom is -0.383 e. The Labute approximate surface area is 118 Å². The van der Waals surface area contributed by atoms with Gasteiger partial charge in [-0.25, -0.2) is 4.79 Å². The van der Waals surface area contributed by atoms with Gasteiger partial charge in [-0.05, 0) is 18.6 Å². The van der Waals surface area contributed by atoms with Crippen LogP contribution in [0.5, 0.6) is 0 Å². The Morgan fingerprint density at radius 3 is 2.35 bits per heavy atom. The highest BCUT2D eigenvalue weighted by Crippen LogP contribution is 1.97. The molecule has 0 radical (unpaired) electrons. The average molecular weight is 279 g/mol. The molecule has 0 heterocycles. The summed E-state index contributed by atoms with van der Waals surface area (Å²) in [6.45, 7) is 1.99. The van der Waals surface area contributed by atoms with E-state index in [0.29, 0.717) is 38.2 Å². The van der Waals surface area contributed by atoms with Crippen LogP contribution in [0.4, 0.5) is 4.79 Å². The van der Waals surface area contributed by atoms with Crippen molar-refractivity contribution in [2.24, 2.45) is 0 Å². The monoisotopic (exact) mass is 279 g/mol. The van der Waals surface area contributed by atoms with E-state index >= 15 is 0 Å². The van der Waals surface area contributed by atoms with E-state index in [2.05, 4.69) is 16.0 Å². The average Bonchev–Trinajstić information content (AvgIpc) is 2.48. The van der Waals surface area contributed by atoms with Crippen LogP contribution in [-0.2, 0) is 4.74 Å². The Kier molecular flexibility index (Phi) is 7.83. The van der Waals surface area contributed by atoms with Crippen LogP contribution in [0.2, 0.25) is 0 Å². The van der Waals surface area contributed by atoms with Crippen LogP contribution in [0.3, 0.4) is 0 Å². The van der Waals surface area contributed by atoms with E-state index in [9.17, 15) is 9.59 Å². The standard InChI is InChI=1S/C14H21N3O3/c1-20-11-10-17-14(19)16-9-5-8-15-13(18)12-6-3-2-4-7-12/h2-4,6-7H,5,8-11H2,1H3,(H,15,18)(H2,16,17,19). The molecule has 0 atom stereocenters. The number of hydrogen-bond acceptors (Lipinski definition) is 3. The second-order valence-corrected chi connectivity index (χ2v) is 4.15. The number of methoxy groups -OCH3 is 1. The zero-order valence-corrected chi connectivity index (χ0v) is 11.6. The van der Waals surface area contributed by atoms with Gasteiger partial charge in [-0.1, -0.05) is 18.2 Å². The van der Waals surface area contributed by atoms with Crippen LogP contribution in [0, 0.1) is 0 Å². The van der Waals surface area contributed by atoms with Crippen molar-refractivity contribution >= 4 is 11.9 Å². The molecule has 0 aliphatic carbocycles. The van der Waals surface area contributed by atoms with Crippen molar-refractivity contribution in [3.05, 3.63) is 35.9 Å². The number of nitrogens with one attached hydrogen (secondary N) is 3. The molecule has 20 heavy (non-hydrogen) atoms. The fraction of sp³-hybridized carbons (Fsp3) is 0.429. The Bertz CT molecular complexity index is 409. The SMILES string of the molecule is COCCNC(=O)NCCCNC(=O)c1ccccc1. The van der Waals surface area contributed by atoms with E-state index in [1.165, 1.54) is 0 Å². The number of benzene rings is 1. The molecule has 0 aliphatic rings. The first-order valence-corrected chi connectivity index (χ1v) is 6.58. The molecule has 6 nitrogen and oxygen atoms in total. The Morgan fingerprint density at radius 2 is 1.65 bits per heavy atom. The molecule has 0 saturated heterocycles. The molecule has 0 aromatic heterocycles. The molecule has 1 aromatic carbocycles. The molecule has 0 bridgehead atoms. The number of rotatable bonds is 8. The largest absolute Gasteiger partial charge is 0.383 e. The van der Waals surface area contributed by atoms with Crippen molar-refractivity contribution in [3.63, 3.8) is 0 Å². The third-order valence-corrected chi connectivity index (χ3v) is 2.55. The molecule has 0 spiro atoms. The van der Waals surface area contributed by atoms with Gasteiger partial charge in [-0.2, -0.15) is 0 Å². The van der Waals surface area contributed by atoms with E-state index in [-0.39, 0.29) is 11.9 Å². The quantitative estimate of drug-likeness (QED) is 0.614. The zero-order chi connectivity index (χ0) is 14.6. The lowest BCUT2D eigenvalue weighted by atomic mass is 10.2. The van der Waals surface area contributed by atoms with E-state index in [0.717, 1.165) is 0 Å². The fourth-order valence-electron chi connectivity index (χ4n) is 1.51. The summed E-state index contributed by atoms with van der Waals surface area (Å²) < 4.78 is 4.81. The predicted octanol–water partition coefficient (Wildman–Crippen LogP) is 0.752. The van der Waals surface area contributed by atoms with Gasteiger partial charge in [-0.3, -0.25) is 4.79 Å². The van der Waals surface area contributed by atoms with Gasteiger partial charge in [0, 0.05) is 32.3 Å². The van der Waals surface area contributed by atoms with Gasteiger partial charge in [-0.15, -0.1) is 0 Å². The highest BCUT2D eigenvalue weighted by molar-refractivity contribution is 5.94. The molecule has 0 saturated carbocycles. The van der Waals surface area contributed by atoms with Crippen molar-refractivity contribution in [1.82, 2.24) is 16.0 Å². The lowest BCUT2D eigenvalue weighted by molar-refractivity contribution is 0.0953. The Hall–Kier alpha value is -2.08. The molecular formula is C14H21N3O3. The number of urea groups is 1. The Balaban J connectivity index is 2.05. The topological polar surface area (TPSA) is 79.5 Å². The maximum absolute atomic E-state index is 11.7. The van der Waals surface area contributed by atoms with Crippen molar-refractivity contribution in [1.29, 1.82) is 0 Å². The number of ether oxygens (including phenoxy) is 1. The van der Waals surface area contributed by atoms with E-state index in [1.54, 1.807) is 19.2 Å². The van der Waals surface area contributed by atoms with Crippen molar-refractivity contribution in [2.45, 2.75) is 6.42 Å². The molecule has 0 aliphatic heterocycles. The highest BCUT2D eigenvalue weighted by atomic mass is 16.5. The lowest BCUT2D eigenvalue weighted by Crippen LogP contribution is -2.38. The smallest absolute Gasteiger partial charge is 0.314 e. The highest BCUT2D eigenvalue weighted by Gasteiger charge is 2.03. The predicted molar refractivity (Wildman–Crippen MR) is 76.7 cm³/mol. The minimum absolute atomic E-state index is 0.102. The third kappa shape index (κ3) is 6.75. The second kappa shape index (κ2) is 9.80. The summed E-state index contributed by atoms with van der Waals surface area (Å²) >= 11 is 0. The Morgan fingerprint density at radius 1 is 1.00 bits per heavy atom. The summed E-state index contributed by atoms with van der Waals surface area (Å²) in [7, 11) is 1.58. The summed E-state index contributed by atoms with van der Waals surface area (Å²) in [4.78, 5) is 23.0. The summed E-state index contributed by atoms with van der Waals surface area (Å²) in [5.41, 5.74) is 0.637. The van der Waals surface area contributed by atoms with Gasteiger partial charge in [0.2, 0.25) is 0 Å². The van der Waals surface area contributed by atoms with Gasteiger partial charge in [0.1, 0.15) is 0 Å². The maximum atomic E-state index is 11.7.